The average molecular weight is 581 g/mol. The maximum absolute atomic E-state index is 14.3. The first-order chi connectivity index (χ1) is 20.2. The number of hydrogen-bond acceptors (Lipinski definition) is 4. The van der Waals surface area contributed by atoms with Crippen molar-refractivity contribution in [2.45, 2.75) is 58.4 Å². The van der Waals surface area contributed by atoms with E-state index in [2.05, 4.69) is 0 Å². The SMILES string of the molecule is CCOC(CN(C(=O)C(Cc1ccc(F)c(F)c1)N(CC1c2ccccc2-c2ccccc21)C(=O)O)C(C)C)OCC. The molecular formula is C33H38F2N2O5. The number of hydrogen-bond donors (Lipinski definition) is 1. The van der Waals surface area contributed by atoms with Crippen LogP contribution in [0.1, 0.15) is 50.3 Å². The first-order valence-corrected chi connectivity index (χ1v) is 14.3. The number of carbonyl (C=O) groups excluding carboxylic acids is 1. The molecule has 1 unspecified atom stereocenters. The highest BCUT2D eigenvalue weighted by atomic mass is 19.2. The summed E-state index contributed by atoms with van der Waals surface area (Å²) in [5.41, 5.74) is 4.29. The summed E-state index contributed by atoms with van der Waals surface area (Å²) in [5.74, 6) is -2.87. The molecule has 3 aromatic rings. The second-order valence-electron chi connectivity index (χ2n) is 10.6. The predicted octanol–water partition coefficient (Wildman–Crippen LogP) is 6.30. The van der Waals surface area contributed by atoms with Gasteiger partial charge in [-0.1, -0.05) is 54.6 Å². The van der Waals surface area contributed by atoms with Gasteiger partial charge in [0.1, 0.15) is 6.04 Å². The van der Waals surface area contributed by atoms with Gasteiger partial charge in [-0.05, 0) is 67.6 Å². The summed E-state index contributed by atoms with van der Waals surface area (Å²) in [7, 11) is 0. The molecule has 0 saturated heterocycles. The summed E-state index contributed by atoms with van der Waals surface area (Å²) in [6.45, 7) is 8.11. The highest BCUT2D eigenvalue weighted by Gasteiger charge is 2.39. The Morgan fingerprint density at radius 3 is 1.93 bits per heavy atom. The van der Waals surface area contributed by atoms with Crippen LogP contribution >= 0.6 is 0 Å². The van der Waals surface area contributed by atoms with E-state index in [1.54, 1.807) is 0 Å². The molecule has 0 radical (unpaired) electrons. The highest BCUT2D eigenvalue weighted by Crippen LogP contribution is 2.45. The molecule has 1 aliphatic rings. The number of fused-ring (bicyclic) bond motifs is 3. The van der Waals surface area contributed by atoms with Crippen molar-refractivity contribution in [1.82, 2.24) is 9.80 Å². The molecule has 42 heavy (non-hydrogen) atoms. The van der Waals surface area contributed by atoms with Gasteiger partial charge in [-0.3, -0.25) is 9.69 Å². The van der Waals surface area contributed by atoms with E-state index in [-0.39, 0.29) is 31.5 Å². The van der Waals surface area contributed by atoms with Crippen molar-refractivity contribution in [2.75, 3.05) is 26.3 Å². The van der Waals surface area contributed by atoms with Crippen molar-refractivity contribution >= 4 is 12.0 Å². The molecule has 1 atom stereocenters. The lowest BCUT2D eigenvalue weighted by molar-refractivity contribution is -0.164. The molecule has 0 spiro atoms. The maximum atomic E-state index is 14.3. The summed E-state index contributed by atoms with van der Waals surface area (Å²) in [5, 5.41) is 10.6. The Balaban J connectivity index is 1.75. The predicted molar refractivity (Wildman–Crippen MR) is 156 cm³/mol. The average Bonchev–Trinajstić information content (AvgIpc) is 3.28. The van der Waals surface area contributed by atoms with Gasteiger partial charge in [0, 0.05) is 38.1 Å². The quantitative estimate of drug-likeness (QED) is 0.240. The molecule has 0 bridgehead atoms. The van der Waals surface area contributed by atoms with Crippen LogP contribution in [0.25, 0.3) is 11.1 Å². The Kier molecular flexibility index (Phi) is 10.3. The van der Waals surface area contributed by atoms with E-state index >= 15 is 0 Å². The Labute approximate surface area is 245 Å². The van der Waals surface area contributed by atoms with Gasteiger partial charge in [0.25, 0.3) is 0 Å². The molecule has 1 aliphatic carbocycles. The van der Waals surface area contributed by atoms with Crippen LogP contribution in [0.2, 0.25) is 0 Å². The van der Waals surface area contributed by atoms with E-state index in [4.69, 9.17) is 9.47 Å². The molecular weight excluding hydrogens is 542 g/mol. The van der Waals surface area contributed by atoms with Crippen LogP contribution in [-0.4, -0.2) is 71.6 Å². The van der Waals surface area contributed by atoms with Crippen molar-refractivity contribution in [3.63, 3.8) is 0 Å². The first kappa shape index (κ1) is 31.1. The standard InChI is InChI=1S/C33H38F2N2O5/c1-5-41-31(42-6-2)20-36(21(3)4)32(38)30(18-22-15-16-28(34)29(35)17-22)37(33(39)40)19-27-25-13-9-7-11-23(25)24-12-8-10-14-26(24)27/h7-17,21,27,30-31H,5-6,18-20H2,1-4H3,(H,39,40). The van der Waals surface area contributed by atoms with Crippen LogP contribution in [0.5, 0.6) is 0 Å². The largest absolute Gasteiger partial charge is 0.465 e. The molecule has 0 aromatic heterocycles. The Hall–Kier alpha value is -3.82. The smallest absolute Gasteiger partial charge is 0.408 e. The maximum Gasteiger partial charge on any atom is 0.408 e. The zero-order chi connectivity index (χ0) is 30.4. The van der Waals surface area contributed by atoms with Crippen molar-refractivity contribution in [2.24, 2.45) is 0 Å². The van der Waals surface area contributed by atoms with E-state index in [0.29, 0.717) is 18.8 Å². The fourth-order valence-electron chi connectivity index (χ4n) is 5.65. The highest BCUT2D eigenvalue weighted by molar-refractivity contribution is 5.86. The fraction of sp³-hybridized carbons (Fsp3) is 0.394. The molecule has 0 saturated carbocycles. The van der Waals surface area contributed by atoms with E-state index in [1.165, 1.54) is 11.0 Å². The minimum atomic E-state index is -1.28. The Bertz CT molecular complexity index is 1350. The molecule has 7 nitrogen and oxygen atoms in total. The molecule has 1 N–H and O–H groups in total. The van der Waals surface area contributed by atoms with Crippen molar-refractivity contribution < 1.29 is 33.0 Å². The van der Waals surface area contributed by atoms with E-state index in [1.807, 2.05) is 76.2 Å². The Morgan fingerprint density at radius 2 is 1.43 bits per heavy atom. The van der Waals surface area contributed by atoms with E-state index in [0.717, 1.165) is 39.3 Å². The van der Waals surface area contributed by atoms with Crippen LogP contribution in [0.4, 0.5) is 13.6 Å². The van der Waals surface area contributed by atoms with Gasteiger partial charge in [0.15, 0.2) is 17.9 Å². The number of rotatable bonds is 13. The van der Waals surface area contributed by atoms with Gasteiger partial charge in [-0.15, -0.1) is 0 Å². The van der Waals surface area contributed by atoms with E-state index < -0.39 is 36.0 Å². The summed E-state index contributed by atoms with van der Waals surface area (Å²) < 4.78 is 39.4. The zero-order valence-electron chi connectivity index (χ0n) is 24.4. The molecule has 3 aromatic carbocycles. The van der Waals surface area contributed by atoms with Crippen LogP contribution in [0.3, 0.4) is 0 Å². The minimum Gasteiger partial charge on any atom is -0.465 e. The molecule has 4 rings (SSSR count). The van der Waals surface area contributed by atoms with Gasteiger partial charge in [0.2, 0.25) is 5.91 Å². The number of benzene rings is 3. The number of carbonyl (C=O) groups is 2. The van der Waals surface area contributed by atoms with Crippen LogP contribution in [-0.2, 0) is 20.7 Å². The fourth-order valence-corrected chi connectivity index (χ4v) is 5.65. The summed E-state index contributed by atoms with van der Waals surface area (Å²) in [6, 6.07) is 17.5. The minimum absolute atomic E-state index is 0.00424. The van der Waals surface area contributed by atoms with E-state index in [9.17, 15) is 23.5 Å². The van der Waals surface area contributed by atoms with Gasteiger partial charge < -0.3 is 19.5 Å². The van der Waals surface area contributed by atoms with Gasteiger partial charge in [-0.2, -0.15) is 0 Å². The van der Waals surface area contributed by atoms with Gasteiger partial charge in [0.05, 0.1) is 6.54 Å². The number of halogens is 2. The molecule has 0 aliphatic heterocycles. The molecule has 224 valence electrons. The summed E-state index contributed by atoms with van der Waals surface area (Å²) in [6.07, 6.45) is -2.13. The second-order valence-corrected chi connectivity index (χ2v) is 10.6. The van der Waals surface area contributed by atoms with Crippen LogP contribution in [0.15, 0.2) is 66.7 Å². The Morgan fingerprint density at radius 1 is 0.857 bits per heavy atom. The molecule has 0 heterocycles. The van der Waals surface area contributed by atoms with Gasteiger partial charge >= 0.3 is 6.09 Å². The monoisotopic (exact) mass is 580 g/mol. The summed E-state index contributed by atoms with van der Waals surface area (Å²) in [4.78, 5) is 30.0. The van der Waals surface area contributed by atoms with Crippen molar-refractivity contribution in [3.8, 4) is 11.1 Å². The van der Waals surface area contributed by atoms with Crippen LogP contribution in [0, 0.1) is 11.6 Å². The first-order valence-electron chi connectivity index (χ1n) is 14.3. The zero-order valence-corrected chi connectivity index (χ0v) is 24.4. The lowest BCUT2D eigenvalue weighted by Crippen LogP contribution is -2.56. The van der Waals surface area contributed by atoms with Gasteiger partial charge in [-0.25, -0.2) is 13.6 Å². The second kappa shape index (κ2) is 13.9. The number of amides is 2. The third-order valence-electron chi connectivity index (χ3n) is 7.62. The van der Waals surface area contributed by atoms with Crippen molar-refractivity contribution in [1.29, 1.82) is 0 Å². The lowest BCUT2D eigenvalue weighted by atomic mass is 9.94. The van der Waals surface area contributed by atoms with Crippen LogP contribution < -0.4 is 0 Å². The number of carboxylic acid groups (broad SMARTS) is 1. The third kappa shape index (κ3) is 6.79. The van der Waals surface area contributed by atoms with Crippen molar-refractivity contribution in [3.05, 3.63) is 95.1 Å². The normalized spacial score (nSPS) is 13.2. The molecule has 2 amide bonds. The lowest BCUT2D eigenvalue weighted by Gasteiger charge is -2.37. The third-order valence-corrected chi connectivity index (χ3v) is 7.62. The topological polar surface area (TPSA) is 79.3 Å². The molecule has 9 heteroatoms. The summed E-state index contributed by atoms with van der Waals surface area (Å²) >= 11 is 0. The number of nitrogens with zero attached hydrogens (tertiary/aromatic N) is 2. The number of ether oxygens (including phenoxy) is 2. The molecule has 0 fully saturated rings.